The van der Waals surface area contributed by atoms with Crippen molar-refractivity contribution in [3.8, 4) is 0 Å². The van der Waals surface area contributed by atoms with Crippen LogP contribution in [0.1, 0.15) is 25.0 Å². The number of methoxy groups -OCH3 is 1. The van der Waals surface area contributed by atoms with Crippen LogP contribution in [0.2, 0.25) is 0 Å². The number of halogens is 1. The minimum absolute atomic E-state index is 0. The van der Waals surface area contributed by atoms with E-state index in [0.29, 0.717) is 19.3 Å². The molecule has 6 nitrogen and oxygen atoms in total. The van der Waals surface area contributed by atoms with Crippen LogP contribution in [0.3, 0.4) is 0 Å². The predicted octanol–water partition coefficient (Wildman–Crippen LogP) is 2.23. The first-order valence-corrected chi connectivity index (χ1v) is 9.14. The highest BCUT2D eigenvalue weighted by Crippen LogP contribution is 2.12. The molecule has 26 heavy (non-hydrogen) atoms. The number of nitrogens with one attached hydrogen (secondary N) is 2. The Labute approximate surface area is 174 Å². The zero-order valence-electron chi connectivity index (χ0n) is 16.2. The fraction of sp³-hybridized carbons (Fsp3) is 0.632. The molecule has 1 saturated heterocycles. The Morgan fingerprint density at radius 2 is 2.15 bits per heavy atom. The first-order valence-electron chi connectivity index (χ1n) is 9.14. The molecule has 0 amide bonds. The van der Waals surface area contributed by atoms with E-state index in [9.17, 15) is 0 Å². The van der Waals surface area contributed by atoms with E-state index in [2.05, 4.69) is 58.6 Å². The van der Waals surface area contributed by atoms with Gasteiger partial charge in [-0.25, -0.2) is 4.99 Å². The van der Waals surface area contributed by atoms with Crippen LogP contribution in [0.4, 0.5) is 0 Å². The highest BCUT2D eigenvalue weighted by atomic mass is 127. The third-order valence-corrected chi connectivity index (χ3v) is 4.09. The summed E-state index contributed by atoms with van der Waals surface area (Å²) in [5.74, 6) is 0.826. The molecule has 2 rings (SSSR count). The minimum Gasteiger partial charge on any atom is -0.383 e. The summed E-state index contributed by atoms with van der Waals surface area (Å²) in [6, 6.07) is 8.70. The van der Waals surface area contributed by atoms with Gasteiger partial charge in [0.05, 0.1) is 25.9 Å². The fourth-order valence-electron chi connectivity index (χ4n) is 2.90. The van der Waals surface area contributed by atoms with Crippen LogP contribution >= 0.6 is 24.0 Å². The molecule has 1 aliphatic rings. The molecule has 0 saturated carbocycles. The Hall–Kier alpha value is -0.900. The zero-order chi connectivity index (χ0) is 17.9. The third kappa shape index (κ3) is 8.66. The van der Waals surface area contributed by atoms with Gasteiger partial charge in [-0.3, -0.25) is 4.90 Å². The summed E-state index contributed by atoms with van der Waals surface area (Å²) >= 11 is 0. The van der Waals surface area contributed by atoms with Gasteiger partial charge in [0.1, 0.15) is 0 Å². The minimum atomic E-state index is 0. The molecule has 1 unspecified atom stereocenters. The van der Waals surface area contributed by atoms with Crippen LogP contribution in [0.5, 0.6) is 0 Å². The van der Waals surface area contributed by atoms with Gasteiger partial charge in [0.25, 0.3) is 0 Å². The summed E-state index contributed by atoms with van der Waals surface area (Å²) in [5.41, 5.74) is 2.56. The topological polar surface area (TPSA) is 58.1 Å². The van der Waals surface area contributed by atoms with Crippen molar-refractivity contribution in [2.45, 2.75) is 33.0 Å². The number of aliphatic imine (C=N–C) groups is 1. The Morgan fingerprint density at radius 1 is 1.35 bits per heavy atom. The molecule has 0 bridgehead atoms. The second kappa shape index (κ2) is 13.3. The van der Waals surface area contributed by atoms with Crippen molar-refractivity contribution in [1.82, 2.24) is 15.5 Å². The molecule has 0 aromatic heterocycles. The maximum absolute atomic E-state index is 5.62. The van der Waals surface area contributed by atoms with Gasteiger partial charge in [-0.15, -0.1) is 24.0 Å². The van der Waals surface area contributed by atoms with Crippen molar-refractivity contribution < 1.29 is 9.47 Å². The molecule has 1 aromatic rings. The molecule has 1 heterocycles. The van der Waals surface area contributed by atoms with Crippen LogP contribution in [0.25, 0.3) is 0 Å². The number of rotatable bonds is 8. The lowest BCUT2D eigenvalue weighted by Gasteiger charge is -2.31. The van der Waals surface area contributed by atoms with E-state index in [1.807, 2.05) is 0 Å². The molecule has 148 valence electrons. The monoisotopic (exact) mass is 476 g/mol. The Balaban J connectivity index is 0.00000338. The molecule has 0 spiro atoms. The molecule has 1 aliphatic heterocycles. The zero-order valence-corrected chi connectivity index (χ0v) is 18.5. The van der Waals surface area contributed by atoms with Crippen LogP contribution in [-0.2, 0) is 22.6 Å². The van der Waals surface area contributed by atoms with Gasteiger partial charge in [-0.1, -0.05) is 24.3 Å². The van der Waals surface area contributed by atoms with Gasteiger partial charge >= 0.3 is 0 Å². The molecule has 7 heteroatoms. The van der Waals surface area contributed by atoms with Gasteiger partial charge in [0.2, 0.25) is 0 Å². The van der Waals surface area contributed by atoms with Crippen molar-refractivity contribution in [1.29, 1.82) is 0 Å². The molecule has 1 fully saturated rings. The Morgan fingerprint density at radius 3 is 2.88 bits per heavy atom. The summed E-state index contributed by atoms with van der Waals surface area (Å²) in [5, 5.41) is 6.53. The summed E-state index contributed by atoms with van der Waals surface area (Å²) in [6.45, 7) is 10.9. The summed E-state index contributed by atoms with van der Waals surface area (Å²) in [6.07, 6.45) is 0.322. The lowest BCUT2D eigenvalue weighted by atomic mass is 10.1. The van der Waals surface area contributed by atoms with Gasteiger partial charge in [-0.05, 0) is 25.0 Å². The summed E-state index contributed by atoms with van der Waals surface area (Å²) < 4.78 is 10.7. The van der Waals surface area contributed by atoms with Gasteiger partial charge in [0, 0.05) is 39.8 Å². The van der Waals surface area contributed by atoms with Crippen molar-refractivity contribution in [3.63, 3.8) is 0 Å². The largest absolute Gasteiger partial charge is 0.383 e. The third-order valence-electron chi connectivity index (χ3n) is 4.09. The van der Waals surface area contributed by atoms with E-state index in [-0.39, 0.29) is 24.0 Å². The number of hydrogen-bond acceptors (Lipinski definition) is 4. The van der Waals surface area contributed by atoms with Gasteiger partial charge in [0.15, 0.2) is 5.96 Å². The lowest BCUT2D eigenvalue weighted by molar-refractivity contribution is -0.0212. The fourth-order valence-corrected chi connectivity index (χ4v) is 2.90. The van der Waals surface area contributed by atoms with Crippen LogP contribution in [0.15, 0.2) is 29.3 Å². The second-order valence-corrected chi connectivity index (χ2v) is 6.35. The first kappa shape index (κ1) is 23.1. The van der Waals surface area contributed by atoms with Gasteiger partial charge < -0.3 is 20.1 Å². The maximum atomic E-state index is 5.62. The van der Waals surface area contributed by atoms with E-state index in [1.165, 1.54) is 11.1 Å². The maximum Gasteiger partial charge on any atom is 0.191 e. The first-order chi connectivity index (χ1) is 12.2. The quantitative estimate of drug-likeness (QED) is 0.261. The molecular weight excluding hydrogens is 443 g/mol. The van der Waals surface area contributed by atoms with E-state index in [1.54, 1.807) is 7.11 Å². The highest BCUT2D eigenvalue weighted by Gasteiger charge is 2.16. The number of nitrogens with zero attached hydrogens (tertiary/aromatic N) is 2. The Kier molecular flexibility index (Phi) is 11.8. The average Bonchev–Trinajstić information content (AvgIpc) is 2.60. The summed E-state index contributed by atoms with van der Waals surface area (Å²) in [7, 11) is 1.70. The number of morpholine rings is 1. The SMILES string of the molecule is CCNC(=NCc1cccc(CN2CCOC(C)C2)c1)NCCOC.I. The number of guanidine groups is 1. The van der Waals surface area contributed by atoms with E-state index >= 15 is 0 Å². The van der Waals surface area contributed by atoms with Crippen molar-refractivity contribution in [2.24, 2.45) is 4.99 Å². The van der Waals surface area contributed by atoms with Crippen molar-refractivity contribution >= 4 is 29.9 Å². The average molecular weight is 476 g/mol. The molecule has 1 atom stereocenters. The normalized spacial score (nSPS) is 18.3. The number of hydrogen-bond donors (Lipinski definition) is 2. The number of benzene rings is 1. The molecule has 1 aromatic carbocycles. The smallest absolute Gasteiger partial charge is 0.191 e. The van der Waals surface area contributed by atoms with Crippen molar-refractivity contribution in [2.75, 3.05) is 46.5 Å². The van der Waals surface area contributed by atoms with Crippen molar-refractivity contribution in [3.05, 3.63) is 35.4 Å². The van der Waals surface area contributed by atoms with E-state index in [4.69, 9.17) is 9.47 Å². The molecule has 0 aliphatic carbocycles. The van der Waals surface area contributed by atoms with Gasteiger partial charge in [-0.2, -0.15) is 0 Å². The number of ether oxygens (including phenoxy) is 2. The van der Waals surface area contributed by atoms with Crippen LogP contribution in [0, 0.1) is 0 Å². The highest BCUT2D eigenvalue weighted by molar-refractivity contribution is 14.0. The second-order valence-electron chi connectivity index (χ2n) is 6.35. The van der Waals surface area contributed by atoms with E-state index < -0.39 is 0 Å². The molecule has 0 radical (unpaired) electrons. The molecule has 2 N–H and O–H groups in total. The Bertz CT molecular complexity index is 542. The lowest BCUT2D eigenvalue weighted by Crippen LogP contribution is -2.40. The van der Waals surface area contributed by atoms with E-state index in [0.717, 1.165) is 45.3 Å². The van der Waals surface area contributed by atoms with Crippen LogP contribution < -0.4 is 10.6 Å². The predicted molar refractivity (Wildman–Crippen MR) is 117 cm³/mol. The standard InChI is InChI=1S/C19H32N4O2.HI/c1-4-20-19(21-8-10-24-3)22-13-17-6-5-7-18(12-17)15-23-9-11-25-16(2)14-23;/h5-7,12,16H,4,8-11,13-15H2,1-3H3,(H2,20,21,22);1H. The molecular formula is C19H33IN4O2. The summed E-state index contributed by atoms with van der Waals surface area (Å²) in [4.78, 5) is 7.11. The van der Waals surface area contributed by atoms with Crippen LogP contribution in [-0.4, -0.2) is 63.5 Å².